The molecule has 0 heterocycles. The van der Waals surface area contributed by atoms with E-state index in [1.807, 2.05) is 0 Å². The molecule has 0 bridgehead atoms. The third kappa shape index (κ3) is 2.18. The molecule has 13 heavy (non-hydrogen) atoms. The van der Waals surface area contributed by atoms with Crippen molar-refractivity contribution < 1.29 is 15.0 Å². The summed E-state index contributed by atoms with van der Waals surface area (Å²) in [6.45, 7) is 0. The normalized spacial score (nSPS) is 9.77. The molecule has 70 valence electrons. The molecule has 0 fully saturated rings. The van der Waals surface area contributed by atoms with Crippen molar-refractivity contribution in [3.63, 3.8) is 0 Å². The molecule has 4 nitrogen and oxygen atoms in total. The minimum absolute atomic E-state index is 0.192. The molecule has 0 radical (unpaired) electrons. The minimum Gasteiger partial charge on any atom is -0.630 e. The molecule has 0 spiro atoms. The molecule has 0 aliphatic heterocycles. The lowest BCUT2D eigenvalue weighted by molar-refractivity contribution is -0.497. The van der Waals surface area contributed by atoms with Crippen LogP contribution in [0.4, 0.5) is 5.69 Å². The van der Waals surface area contributed by atoms with Gasteiger partial charge in [0, 0.05) is 6.07 Å². The lowest BCUT2D eigenvalue weighted by atomic mass is 10.2. The average Bonchev–Trinajstić information content (AvgIpc) is 2.16. The highest BCUT2D eigenvalue weighted by atomic mass is 35.5. The number of carbonyl (C=O) groups is 1. The van der Waals surface area contributed by atoms with E-state index in [1.165, 1.54) is 19.2 Å². The zero-order chi connectivity index (χ0) is 9.84. The molecule has 0 aromatic heterocycles. The Morgan fingerprint density at radius 2 is 2.31 bits per heavy atom. The first-order valence-electron chi connectivity index (χ1n) is 3.52. The molecule has 0 saturated heterocycles. The third-order valence-corrected chi connectivity index (χ3v) is 1.80. The molecule has 1 aromatic rings. The summed E-state index contributed by atoms with van der Waals surface area (Å²) in [6.07, 6.45) is 0. The molecule has 0 amide bonds. The molecule has 2 N–H and O–H groups in total. The average molecular weight is 202 g/mol. The quantitative estimate of drug-likeness (QED) is 0.446. The van der Waals surface area contributed by atoms with Crippen LogP contribution >= 0.6 is 11.6 Å². The number of hydrogen-bond acceptors (Lipinski definition) is 3. The van der Waals surface area contributed by atoms with Gasteiger partial charge < -0.3 is 15.4 Å². The van der Waals surface area contributed by atoms with Crippen molar-refractivity contribution >= 4 is 22.5 Å². The van der Waals surface area contributed by atoms with E-state index in [0.29, 0.717) is 11.2 Å². The van der Waals surface area contributed by atoms with Gasteiger partial charge in [0.05, 0.1) is 12.7 Å². The van der Waals surface area contributed by atoms with E-state index in [-0.39, 0.29) is 11.3 Å². The molecule has 0 unspecified atom stereocenters. The first-order chi connectivity index (χ1) is 6.19. The second-order valence-corrected chi connectivity index (χ2v) is 2.69. The van der Waals surface area contributed by atoms with Gasteiger partial charge in [0.2, 0.25) is 0 Å². The van der Waals surface area contributed by atoms with Crippen LogP contribution in [0.2, 0.25) is 0 Å². The lowest BCUT2D eigenvalue weighted by Crippen LogP contribution is -2.70. The number of quaternary nitrogens is 1. The maximum absolute atomic E-state index is 10.8. The van der Waals surface area contributed by atoms with Crippen LogP contribution in [0.15, 0.2) is 18.2 Å². The molecule has 1 aromatic carbocycles. The molecular formula is C8H8ClNO3. The van der Waals surface area contributed by atoms with Crippen LogP contribution < -0.4 is 10.2 Å². The highest BCUT2D eigenvalue weighted by Crippen LogP contribution is 2.19. The molecule has 0 aliphatic carbocycles. The molecule has 0 aliphatic rings. The Bertz CT molecular complexity index is 327. The summed E-state index contributed by atoms with van der Waals surface area (Å²) in [4.78, 5) is 10.8. The molecule has 0 atom stereocenters. The van der Waals surface area contributed by atoms with Gasteiger partial charge >= 0.3 is 0 Å². The van der Waals surface area contributed by atoms with Crippen molar-refractivity contribution in [2.45, 2.75) is 0 Å². The van der Waals surface area contributed by atoms with Crippen LogP contribution in [0.5, 0.6) is 5.75 Å². The Hall–Kier alpha value is -1.10. The standard InChI is InChI=1S/C8H8ClNO3/c1-13-5-2-3-6(8(9)11)7(4-5)10-12/h2-4H,10H2,1H3. The van der Waals surface area contributed by atoms with Crippen LogP contribution in [0, 0.1) is 5.21 Å². The Labute approximate surface area is 80.0 Å². The van der Waals surface area contributed by atoms with Gasteiger partial charge in [0.15, 0.2) is 0 Å². The number of nitrogens with two attached hydrogens (primary N) is 1. The van der Waals surface area contributed by atoms with E-state index >= 15 is 0 Å². The summed E-state index contributed by atoms with van der Waals surface area (Å²) in [5.41, 5.74) is 0.995. The summed E-state index contributed by atoms with van der Waals surface area (Å²) >= 11 is 5.24. The fourth-order valence-electron chi connectivity index (χ4n) is 0.944. The van der Waals surface area contributed by atoms with Gasteiger partial charge in [0.25, 0.3) is 5.24 Å². The predicted molar refractivity (Wildman–Crippen MR) is 48.1 cm³/mol. The summed E-state index contributed by atoms with van der Waals surface area (Å²) in [7, 11) is 1.48. The molecular weight excluding hydrogens is 194 g/mol. The largest absolute Gasteiger partial charge is 0.630 e. The number of methoxy groups -OCH3 is 1. The van der Waals surface area contributed by atoms with Crippen molar-refractivity contribution in [2.75, 3.05) is 7.11 Å². The third-order valence-electron chi connectivity index (χ3n) is 1.60. The number of carbonyl (C=O) groups excluding carboxylic acids is 1. The lowest BCUT2D eigenvalue weighted by Gasteiger charge is -2.07. The van der Waals surface area contributed by atoms with Crippen LogP contribution in [-0.4, -0.2) is 12.4 Å². The van der Waals surface area contributed by atoms with Crippen LogP contribution in [0.3, 0.4) is 0 Å². The second-order valence-electron chi connectivity index (χ2n) is 2.34. The van der Waals surface area contributed by atoms with E-state index < -0.39 is 5.24 Å². The van der Waals surface area contributed by atoms with Gasteiger partial charge in [0.1, 0.15) is 11.4 Å². The number of ether oxygens (including phenoxy) is 1. The van der Waals surface area contributed by atoms with Crippen LogP contribution in [0.25, 0.3) is 0 Å². The zero-order valence-electron chi connectivity index (χ0n) is 6.91. The number of hydrogen-bond donors (Lipinski definition) is 1. The summed E-state index contributed by atoms with van der Waals surface area (Å²) in [5, 5.41) is 9.89. The van der Waals surface area contributed by atoms with Gasteiger partial charge in [-0.15, -0.1) is 0 Å². The SMILES string of the molecule is COc1ccc(C(=O)Cl)c([NH2+][O-])c1. The van der Waals surface area contributed by atoms with Gasteiger partial charge in [-0.2, -0.15) is 0 Å². The smallest absolute Gasteiger partial charge is 0.258 e. The highest BCUT2D eigenvalue weighted by molar-refractivity contribution is 6.68. The predicted octanol–water partition coefficient (Wildman–Crippen LogP) is 0.767. The summed E-state index contributed by atoms with van der Waals surface area (Å²) < 4.78 is 4.88. The molecule has 0 saturated carbocycles. The topological polar surface area (TPSA) is 66.0 Å². The highest BCUT2D eigenvalue weighted by Gasteiger charge is 2.10. The van der Waals surface area contributed by atoms with Gasteiger partial charge in [-0.3, -0.25) is 4.79 Å². The van der Waals surface area contributed by atoms with Crippen molar-refractivity contribution in [2.24, 2.45) is 0 Å². The maximum atomic E-state index is 10.8. The Balaban J connectivity index is 3.15. The first-order valence-corrected chi connectivity index (χ1v) is 3.90. The second kappa shape index (κ2) is 4.23. The Kier molecular flexibility index (Phi) is 3.25. The van der Waals surface area contributed by atoms with Crippen molar-refractivity contribution in [1.82, 2.24) is 0 Å². The molecule has 1 rings (SSSR count). The number of benzene rings is 1. The fraction of sp³-hybridized carbons (Fsp3) is 0.125. The van der Waals surface area contributed by atoms with E-state index in [0.717, 1.165) is 0 Å². The van der Waals surface area contributed by atoms with Gasteiger partial charge in [-0.25, -0.2) is 0 Å². The van der Waals surface area contributed by atoms with Crippen LogP contribution in [-0.2, 0) is 0 Å². The number of rotatable bonds is 3. The summed E-state index contributed by atoms with van der Waals surface area (Å²) in [6, 6.07) is 4.49. The van der Waals surface area contributed by atoms with Crippen LogP contribution in [0.1, 0.15) is 10.4 Å². The van der Waals surface area contributed by atoms with E-state index in [2.05, 4.69) is 0 Å². The van der Waals surface area contributed by atoms with Crippen molar-refractivity contribution in [3.8, 4) is 5.75 Å². The van der Waals surface area contributed by atoms with E-state index in [4.69, 9.17) is 16.3 Å². The summed E-state index contributed by atoms with van der Waals surface area (Å²) in [5.74, 6) is 0.517. The van der Waals surface area contributed by atoms with Crippen molar-refractivity contribution in [1.29, 1.82) is 0 Å². The maximum Gasteiger partial charge on any atom is 0.258 e. The van der Waals surface area contributed by atoms with E-state index in [9.17, 15) is 10.0 Å². The number of halogens is 1. The van der Waals surface area contributed by atoms with Crippen molar-refractivity contribution in [3.05, 3.63) is 29.0 Å². The fourth-order valence-corrected chi connectivity index (χ4v) is 1.12. The monoisotopic (exact) mass is 201 g/mol. The zero-order valence-corrected chi connectivity index (χ0v) is 7.67. The van der Waals surface area contributed by atoms with E-state index in [1.54, 1.807) is 6.07 Å². The minimum atomic E-state index is -0.648. The Morgan fingerprint density at radius 1 is 1.62 bits per heavy atom. The Morgan fingerprint density at radius 3 is 2.77 bits per heavy atom. The van der Waals surface area contributed by atoms with Gasteiger partial charge in [-0.05, 0) is 23.7 Å². The molecule has 5 heteroatoms. The first kappa shape index (κ1) is 9.98. The van der Waals surface area contributed by atoms with Gasteiger partial charge in [-0.1, -0.05) is 0 Å².